The Morgan fingerprint density at radius 2 is 0.860 bits per heavy atom. The molecule has 4 heterocycles. The summed E-state index contributed by atoms with van der Waals surface area (Å²) in [6.45, 7) is 0. The first-order chi connectivity index (χ1) is 24.7. The molecule has 0 saturated heterocycles. The van der Waals surface area contributed by atoms with Crippen molar-refractivity contribution in [3.63, 3.8) is 0 Å². The largest absolute Gasteiger partial charge is 0.226 e. The maximum absolute atomic E-state index is 5.21. The number of aromatic nitrogens is 5. The van der Waals surface area contributed by atoms with Gasteiger partial charge < -0.3 is 0 Å². The maximum atomic E-state index is 5.21. The highest BCUT2D eigenvalue weighted by atomic mass is 32.1. The van der Waals surface area contributed by atoms with Gasteiger partial charge in [-0.25, -0.2) is 24.9 Å². The van der Waals surface area contributed by atoms with Gasteiger partial charge in [0.2, 0.25) is 0 Å². The van der Waals surface area contributed by atoms with Crippen molar-refractivity contribution < 1.29 is 0 Å². The van der Waals surface area contributed by atoms with E-state index < -0.39 is 0 Å². The highest BCUT2D eigenvalue weighted by Crippen LogP contribution is 2.42. The van der Waals surface area contributed by atoms with Crippen LogP contribution < -0.4 is 0 Å². The number of rotatable bonds is 5. The molecule has 0 spiro atoms. The average molecular weight is 676 g/mol. The Balaban J connectivity index is 1.12. The molecule has 5 nitrogen and oxygen atoms in total. The van der Waals surface area contributed by atoms with E-state index >= 15 is 0 Å². The van der Waals surface area contributed by atoms with E-state index in [4.69, 9.17) is 24.9 Å². The highest BCUT2D eigenvalue weighted by Gasteiger charge is 2.18. The zero-order valence-corrected chi connectivity index (χ0v) is 28.1. The number of nitrogens with zero attached hydrogens (tertiary/aromatic N) is 5. The van der Waals surface area contributed by atoms with Gasteiger partial charge in [0.25, 0.3) is 0 Å². The zero-order chi connectivity index (χ0) is 33.0. The van der Waals surface area contributed by atoms with Crippen molar-refractivity contribution >= 4 is 63.1 Å². The number of hydrogen-bond donors (Lipinski definition) is 0. The molecular weight excluding hydrogens is 651 g/mol. The molecule has 0 aliphatic carbocycles. The first-order valence-electron chi connectivity index (χ1n) is 16.3. The van der Waals surface area contributed by atoms with E-state index in [0.717, 1.165) is 54.9 Å². The molecule has 0 amide bonds. The minimum Gasteiger partial charge on any atom is -0.226 e. The fraction of sp³-hybridized carbons (Fsp3) is 0. The van der Waals surface area contributed by atoms with Crippen molar-refractivity contribution in [1.29, 1.82) is 0 Å². The summed E-state index contributed by atoms with van der Waals surface area (Å²) in [5.41, 5.74) is 6.90. The molecular formula is C43H25N5S2. The van der Waals surface area contributed by atoms with Gasteiger partial charge in [0.05, 0.1) is 15.9 Å². The van der Waals surface area contributed by atoms with Gasteiger partial charge in [0.1, 0.15) is 0 Å². The molecule has 0 fully saturated rings. The van der Waals surface area contributed by atoms with Crippen LogP contribution in [0.3, 0.4) is 0 Å². The summed E-state index contributed by atoms with van der Waals surface area (Å²) < 4.78 is 4.71. The van der Waals surface area contributed by atoms with Gasteiger partial charge in [-0.05, 0) is 24.3 Å². The van der Waals surface area contributed by atoms with Gasteiger partial charge in [0.15, 0.2) is 23.3 Å². The fourth-order valence-corrected chi connectivity index (χ4v) is 8.78. The Labute approximate surface area is 295 Å². The molecule has 0 saturated carbocycles. The molecule has 0 atom stereocenters. The van der Waals surface area contributed by atoms with E-state index in [2.05, 4.69) is 72.8 Å². The third-order valence-electron chi connectivity index (χ3n) is 8.95. The Bertz CT molecular complexity index is 2810. The molecule has 0 unspecified atom stereocenters. The molecule has 0 aliphatic heterocycles. The molecule has 7 heteroatoms. The SMILES string of the molecule is c1ccc(-c2nc(-c3ccccc3)nc(-c3ccc4c(c3)sc3ccc(-c5nc(-c6ccccc6)nc6c5sc5ccccc56)cc34)n2)cc1. The summed E-state index contributed by atoms with van der Waals surface area (Å²) in [6.07, 6.45) is 0. The van der Waals surface area contributed by atoms with Crippen LogP contribution >= 0.6 is 22.7 Å². The molecule has 6 aromatic carbocycles. The Hall–Kier alpha value is -6.15. The quantitative estimate of drug-likeness (QED) is 0.182. The maximum Gasteiger partial charge on any atom is 0.164 e. The van der Waals surface area contributed by atoms with Crippen LogP contribution in [-0.2, 0) is 0 Å². The minimum absolute atomic E-state index is 0.652. The fourth-order valence-electron chi connectivity index (χ4n) is 6.50. The Morgan fingerprint density at radius 1 is 0.320 bits per heavy atom. The van der Waals surface area contributed by atoms with Gasteiger partial charge in [0, 0.05) is 58.1 Å². The standard InChI is InChI=1S/C43H25N5S2/c1-4-12-26(13-5-1)40-44-37(39-38(45-40)32-18-10-11-19-34(32)50-39)29-21-23-35-33(24-29)31-22-20-30(25-36(31)49-35)43-47-41(27-14-6-2-7-15-27)46-42(48-43)28-16-8-3-9-17-28/h1-25H. The van der Waals surface area contributed by atoms with Gasteiger partial charge in [-0.3, -0.25) is 0 Å². The number of fused-ring (bicyclic) bond motifs is 6. The van der Waals surface area contributed by atoms with Crippen molar-refractivity contribution in [1.82, 2.24) is 24.9 Å². The normalized spacial score (nSPS) is 11.6. The average Bonchev–Trinajstić information content (AvgIpc) is 3.76. The van der Waals surface area contributed by atoms with Gasteiger partial charge >= 0.3 is 0 Å². The van der Waals surface area contributed by atoms with Crippen LogP contribution in [0.15, 0.2) is 152 Å². The first-order valence-corrected chi connectivity index (χ1v) is 18.0. The van der Waals surface area contributed by atoms with Gasteiger partial charge in [-0.2, -0.15) is 0 Å². The lowest BCUT2D eigenvalue weighted by Gasteiger charge is -2.08. The lowest BCUT2D eigenvalue weighted by Crippen LogP contribution is -1.99. The topological polar surface area (TPSA) is 64.5 Å². The van der Waals surface area contributed by atoms with Crippen molar-refractivity contribution in [2.24, 2.45) is 0 Å². The summed E-state index contributed by atoms with van der Waals surface area (Å²) in [5, 5.41) is 3.56. The zero-order valence-electron chi connectivity index (χ0n) is 26.5. The molecule has 0 aliphatic rings. The molecule has 10 aromatic rings. The second-order valence-electron chi connectivity index (χ2n) is 12.1. The molecule has 10 rings (SSSR count). The van der Waals surface area contributed by atoms with E-state index in [1.54, 1.807) is 22.7 Å². The third-order valence-corrected chi connectivity index (χ3v) is 11.3. The molecule has 50 heavy (non-hydrogen) atoms. The second kappa shape index (κ2) is 11.8. The summed E-state index contributed by atoms with van der Waals surface area (Å²) >= 11 is 3.54. The van der Waals surface area contributed by atoms with Crippen LogP contribution in [0.25, 0.3) is 97.3 Å². The van der Waals surface area contributed by atoms with Crippen molar-refractivity contribution in [3.05, 3.63) is 152 Å². The smallest absolute Gasteiger partial charge is 0.164 e. The molecule has 4 aromatic heterocycles. The predicted molar refractivity (Wildman–Crippen MR) is 208 cm³/mol. The van der Waals surface area contributed by atoms with Crippen LogP contribution in [0, 0.1) is 0 Å². The van der Waals surface area contributed by atoms with Crippen LogP contribution in [0.5, 0.6) is 0 Å². The van der Waals surface area contributed by atoms with Crippen LogP contribution in [-0.4, -0.2) is 24.9 Å². The second-order valence-corrected chi connectivity index (χ2v) is 14.2. The first kappa shape index (κ1) is 28.8. The molecule has 234 valence electrons. The number of hydrogen-bond acceptors (Lipinski definition) is 7. The summed E-state index contributed by atoms with van der Waals surface area (Å²) in [5.74, 6) is 2.70. The Kier molecular flexibility index (Phi) is 6.79. The van der Waals surface area contributed by atoms with E-state index in [-0.39, 0.29) is 0 Å². The molecule has 0 bridgehead atoms. The van der Waals surface area contributed by atoms with E-state index in [1.807, 2.05) is 78.9 Å². The summed E-state index contributed by atoms with van der Waals surface area (Å²) in [7, 11) is 0. The minimum atomic E-state index is 0.652. The monoisotopic (exact) mass is 675 g/mol. The lowest BCUT2D eigenvalue weighted by atomic mass is 10.0. The van der Waals surface area contributed by atoms with Crippen LogP contribution in [0.1, 0.15) is 0 Å². The van der Waals surface area contributed by atoms with Crippen LogP contribution in [0.2, 0.25) is 0 Å². The highest BCUT2D eigenvalue weighted by molar-refractivity contribution is 7.26. The molecule has 0 N–H and O–H groups in total. The third kappa shape index (κ3) is 4.94. The van der Waals surface area contributed by atoms with Gasteiger partial charge in [-0.1, -0.05) is 127 Å². The number of benzene rings is 6. The van der Waals surface area contributed by atoms with Crippen molar-refractivity contribution in [3.8, 4) is 56.8 Å². The van der Waals surface area contributed by atoms with Crippen LogP contribution in [0.4, 0.5) is 0 Å². The predicted octanol–water partition coefficient (Wildman–Crippen LogP) is 11.7. The van der Waals surface area contributed by atoms with E-state index in [1.165, 1.54) is 24.9 Å². The van der Waals surface area contributed by atoms with E-state index in [9.17, 15) is 0 Å². The summed E-state index contributed by atoms with van der Waals surface area (Å²) in [6, 6.07) is 52.2. The number of thiophene rings is 2. The summed E-state index contributed by atoms with van der Waals surface area (Å²) in [4.78, 5) is 25.1. The molecule has 0 radical (unpaired) electrons. The van der Waals surface area contributed by atoms with Gasteiger partial charge in [-0.15, -0.1) is 22.7 Å². The van der Waals surface area contributed by atoms with E-state index in [0.29, 0.717) is 17.5 Å². The van der Waals surface area contributed by atoms with Crippen molar-refractivity contribution in [2.45, 2.75) is 0 Å². The van der Waals surface area contributed by atoms with Crippen molar-refractivity contribution in [2.75, 3.05) is 0 Å². The Morgan fingerprint density at radius 3 is 1.52 bits per heavy atom. The lowest BCUT2D eigenvalue weighted by molar-refractivity contribution is 1.07.